The number of ether oxygens (including phenoxy) is 5. The summed E-state index contributed by atoms with van der Waals surface area (Å²) in [4.78, 5) is 51.1. The molecule has 442 valence electrons. The summed E-state index contributed by atoms with van der Waals surface area (Å²) < 4.78 is 28.4. The number of carbonyl (C=O) groups is 4. The Morgan fingerprint density at radius 3 is 1.30 bits per heavy atom. The van der Waals surface area contributed by atoms with Crippen LogP contribution in [0.2, 0.25) is 0 Å². The number of aliphatic hydroxyl groups excluding tert-OH is 2. The van der Waals surface area contributed by atoms with Gasteiger partial charge in [0.25, 0.3) is 0 Å². The zero-order chi connectivity index (χ0) is 56.1. The van der Waals surface area contributed by atoms with E-state index >= 15 is 0 Å². The molecule has 0 amide bonds. The molecular formula is C65H110O12. The predicted octanol–water partition coefficient (Wildman–Crippen LogP) is 16.1. The summed E-state index contributed by atoms with van der Waals surface area (Å²) in [6.45, 7) is 5.83. The normalized spacial score (nSPS) is 18.5. The summed E-state index contributed by atoms with van der Waals surface area (Å²) in [6, 6.07) is 0. The first-order valence-electron chi connectivity index (χ1n) is 30.9. The molecule has 0 radical (unpaired) electrons. The number of esters is 3. The molecule has 0 aromatic heterocycles. The van der Waals surface area contributed by atoms with E-state index in [0.717, 1.165) is 83.5 Å². The molecule has 0 saturated carbocycles. The number of allylic oxidation sites excluding steroid dienone is 12. The lowest BCUT2D eigenvalue weighted by atomic mass is 9.98. The molecule has 1 rings (SSSR count). The summed E-state index contributed by atoms with van der Waals surface area (Å²) >= 11 is 0. The molecule has 1 fully saturated rings. The minimum atomic E-state index is -1.91. The largest absolute Gasteiger partial charge is 0.479 e. The van der Waals surface area contributed by atoms with Crippen molar-refractivity contribution >= 4 is 23.9 Å². The van der Waals surface area contributed by atoms with Crippen LogP contribution in [-0.2, 0) is 42.9 Å². The molecule has 1 aliphatic rings. The highest BCUT2D eigenvalue weighted by molar-refractivity contribution is 5.74. The van der Waals surface area contributed by atoms with Crippen molar-refractivity contribution in [1.29, 1.82) is 0 Å². The molecule has 0 spiro atoms. The Morgan fingerprint density at radius 2 is 0.831 bits per heavy atom. The molecule has 1 aliphatic heterocycles. The maximum absolute atomic E-state index is 13.1. The molecule has 12 nitrogen and oxygen atoms in total. The van der Waals surface area contributed by atoms with Gasteiger partial charge >= 0.3 is 23.9 Å². The topological polar surface area (TPSA) is 175 Å². The maximum Gasteiger partial charge on any atom is 0.335 e. The Bertz CT molecular complexity index is 1620. The number of unbranched alkanes of at least 4 members (excludes halogenated alkanes) is 26. The fourth-order valence-electron chi connectivity index (χ4n) is 9.05. The lowest BCUT2D eigenvalue weighted by molar-refractivity contribution is -0.301. The highest BCUT2D eigenvalue weighted by Crippen LogP contribution is 2.26. The van der Waals surface area contributed by atoms with Gasteiger partial charge in [0.1, 0.15) is 18.8 Å². The van der Waals surface area contributed by atoms with Gasteiger partial charge in [0, 0.05) is 19.3 Å². The molecule has 1 saturated heterocycles. The summed E-state index contributed by atoms with van der Waals surface area (Å²) in [7, 11) is 0. The van der Waals surface area contributed by atoms with Gasteiger partial charge in [-0.15, -0.1) is 0 Å². The van der Waals surface area contributed by atoms with Crippen LogP contribution in [0.3, 0.4) is 0 Å². The third-order valence-electron chi connectivity index (χ3n) is 13.8. The van der Waals surface area contributed by atoms with Crippen molar-refractivity contribution in [2.45, 2.75) is 302 Å². The first-order valence-corrected chi connectivity index (χ1v) is 30.9. The number of carbonyl (C=O) groups excluding carboxylic acids is 3. The van der Waals surface area contributed by atoms with E-state index in [4.69, 9.17) is 23.7 Å². The monoisotopic (exact) mass is 1080 g/mol. The van der Waals surface area contributed by atoms with Crippen molar-refractivity contribution in [1.82, 2.24) is 0 Å². The van der Waals surface area contributed by atoms with Gasteiger partial charge in [-0.3, -0.25) is 14.4 Å². The Morgan fingerprint density at radius 1 is 0.442 bits per heavy atom. The number of hydrogen-bond donors (Lipinski definition) is 3. The summed E-state index contributed by atoms with van der Waals surface area (Å²) in [5, 5.41) is 31.5. The van der Waals surface area contributed by atoms with Gasteiger partial charge in [-0.05, 0) is 83.5 Å². The Hall–Kier alpha value is -3.84. The molecule has 12 heteroatoms. The molecule has 1 heterocycles. The number of rotatable bonds is 52. The quantitative estimate of drug-likeness (QED) is 0.0228. The van der Waals surface area contributed by atoms with Crippen molar-refractivity contribution in [3.63, 3.8) is 0 Å². The molecule has 0 aromatic rings. The third kappa shape index (κ3) is 42.7. The van der Waals surface area contributed by atoms with Crippen molar-refractivity contribution < 1.29 is 58.2 Å². The van der Waals surface area contributed by atoms with Gasteiger partial charge in [-0.2, -0.15) is 0 Å². The van der Waals surface area contributed by atoms with E-state index < -0.39 is 67.3 Å². The van der Waals surface area contributed by atoms with E-state index in [1.54, 1.807) is 0 Å². The lowest BCUT2D eigenvalue weighted by Crippen LogP contribution is -2.61. The van der Waals surface area contributed by atoms with Gasteiger partial charge in [0.2, 0.25) is 0 Å². The van der Waals surface area contributed by atoms with Crippen LogP contribution in [0.1, 0.15) is 265 Å². The molecular weight excluding hydrogens is 973 g/mol. The van der Waals surface area contributed by atoms with Crippen LogP contribution in [0.5, 0.6) is 0 Å². The van der Waals surface area contributed by atoms with Crippen LogP contribution >= 0.6 is 0 Å². The standard InChI is InChI=1S/C65H110O12/c1-4-7-10-13-16-19-22-24-26-28-29-31-33-35-38-41-44-47-50-53-59(68)76-63-61(70)60(69)62(64(71)72)77-65(63)74-55-56(75-58(67)52-49-46-43-40-36-21-18-15-12-9-6-3)54-73-57(66)51-48-45-42-39-37-34-32-30-27-25-23-20-17-14-11-8-5-2/h8,11,17,20,24-27,32,34,39,42,56,60-63,65,69-70H,4-7,9-10,12-16,18-19,21-23,28-31,33,35-38,40-41,43-55H2,1-3H3,(H,71,72)/b11-8-,20-17-,26-24-,27-25-,34-32-,42-39-. The summed E-state index contributed by atoms with van der Waals surface area (Å²) in [5.41, 5.74) is 0. The van der Waals surface area contributed by atoms with Crippen LogP contribution in [0.15, 0.2) is 72.9 Å². The van der Waals surface area contributed by atoms with E-state index in [1.165, 1.54) is 116 Å². The molecule has 6 unspecified atom stereocenters. The highest BCUT2D eigenvalue weighted by atomic mass is 16.7. The molecule has 6 atom stereocenters. The molecule has 77 heavy (non-hydrogen) atoms. The van der Waals surface area contributed by atoms with Gasteiger partial charge in [0.15, 0.2) is 24.6 Å². The van der Waals surface area contributed by atoms with E-state index in [0.29, 0.717) is 25.7 Å². The van der Waals surface area contributed by atoms with Crippen molar-refractivity contribution in [2.75, 3.05) is 13.2 Å². The summed E-state index contributed by atoms with van der Waals surface area (Å²) in [6.07, 6.45) is 54.5. The Balaban J connectivity index is 2.67. The van der Waals surface area contributed by atoms with Crippen LogP contribution in [0.25, 0.3) is 0 Å². The first kappa shape index (κ1) is 71.2. The molecule has 0 bridgehead atoms. The molecule has 3 N–H and O–H groups in total. The number of hydrogen-bond acceptors (Lipinski definition) is 11. The van der Waals surface area contributed by atoms with E-state index in [1.807, 2.05) is 6.08 Å². The SMILES string of the molecule is CC/C=C\C/C=C\C/C=C\C/C=C\C/C=C\CCCC(=O)OCC(COC1OC(C(=O)O)C(O)C(O)C1OC(=O)CCCCCCCCCCC/C=C\CCCCCCCC)OC(=O)CCCCCCCCCCCCC. The number of carboxylic acid groups (broad SMARTS) is 1. The molecule has 0 aliphatic carbocycles. The lowest BCUT2D eigenvalue weighted by Gasteiger charge is -2.40. The van der Waals surface area contributed by atoms with Crippen molar-refractivity contribution in [3.8, 4) is 0 Å². The fraction of sp³-hybridized carbons (Fsp3) is 0.754. The second kappa shape index (κ2) is 52.8. The minimum Gasteiger partial charge on any atom is -0.479 e. The third-order valence-corrected chi connectivity index (χ3v) is 13.8. The van der Waals surface area contributed by atoms with E-state index in [2.05, 4.69) is 87.6 Å². The second-order valence-electron chi connectivity index (χ2n) is 21.0. The number of carboxylic acids is 1. The van der Waals surface area contributed by atoms with Crippen molar-refractivity contribution in [2.24, 2.45) is 0 Å². The number of aliphatic carboxylic acids is 1. The van der Waals surface area contributed by atoms with Gasteiger partial charge < -0.3 is 39.0 Å². The van der Waals surface area contributed by atoms with E-state index in [-0.39, 0.29) is 25.9 Å². The van der Waals surface area contributed by atoms with Crippen LogP contribution in [0.4, 0.5) is 0 Å². The summed E-state index contributed by atoms with van der Waals surface area (Å²) in [5.74, 6) is -3.19. The molecule has 0 aromatic carbocycles. The Labute approximate surface area is 468 Å². The Kier molecular flexibility index (Phi) is 48.8. The minimum absolute atomic E-state index is 0.0527. The maximum atomic E-state index is 13.1. The highest BCUT2D eigenvalue weighted by Gasteiger charge is 2.50. The van der Waals surface area contributed by atoms with Gasteiger partial charge in [0.05, 0.1) is 6.61 Å². The zero-order valence-electron chi connectivity index (χ0n) is 48.7. The first-order chi connectivity index (χ1) is 37.6. The second-order valence-corrected chi connectivity index (χ2v) is 21.0. The smallest absolute Gasteiger partial charge is 0.335 e. The average molecular weight is 1080 g/mol. The zero-order valence-corrected chi connectivity index (χ0v) is 48.7. The van der Waals surface area contributed by atoms with Crippen LogP contribution in [0, 0.1) is 0 Å². The van der Waals surface area contributed by atoms with Gasteiger partial charge in [-0.1, -0.05) is 235 Å². The van der Waals surface area contributed by atoms with E-state index in [9.17, 15) is 34.5 Å². The van der Waals surface area contributed by atoms with Crippen molar-refractivity contribution in [3.05, 3.63) is 72.9 Å². The fourth-order valence-corrected chi connectivity index (χ4v) is 9.05. The van der Waals surface area contributed by atoms with Crippen LogP contribution < -0.4 is 0 Å². The predicted molar refractivity (Wildman–Crippen MR) is 312 cm³/mol. The van der Waals surface area contributed by atoms with Crippen LogP contribution in [-0.4, -0.2) is 89.2 Å². The average Bonchev–Trinajstić information content (AvgIpc) is 3.41. The number of aliphatic hydroxyl groups is 2. The van der Waals surface area contributed by atoms with Gasteiger partial charge in [-0.25, -0.2) is 4.79 Å².